The van der Waals surface area contributed by atoms with Gasteiger partial charge < -0.3 is 5.32 Å². The van der Waals surface area contributed by atoms with Crippen LogP contribution in [0.25, 0.3) is 0 Å². The van der Waals surface area contributed by atoms with Crippen molar-refractivity contribution in [2.45, 2.75) is 18.7 Å². The lowest BCUT2D eigenvalue weighted by atomic mass is 10.1. The number of nitrogens with one attached hydrogen (secondary N) is 2. The normalized spacial score (nSPS) is 11.0. The Morgan fingerprint density at radius 3 is 2.19 bits per heavy atom. The van der Waals surface area contributed by atoms with Crippen LogP contribution in [0.1, 0.15) is 21.5 Å². The summed E-state index contributed by atoms with van der Waals surface area (Å²) in [5.74, 6) is -0.381. The molecule has 5 nitrogen and oxygen atoms in total. The molecule has 0 heterocycles. The van der Waals surface area contributed by atoms with Crippen LogP contribution in [0.15, 0.2) is 77.7 Å². The zero-order chi connectivity index (χ0) is 19.4. The SMILES string of the molecule is Cc1ccc(NC(=O)c2ccccc2NS(=O)(=O)c2ccccc2)c(C)c1. The molecule has 0 bridgehead atoms. The molecule has 0 aromatic heterocycles. The third-order valence-corrected chi connectivity index (χ3v) is 5.48. The van der Waals surface area contributed by atoms with Crippen LogP contribution in [0.3, 0.4) is 0 Å². The van der Waals surface area contributed by atoms with E-state index in [2.05, 4.69) is 10.0 Å². The Morgan fingerprint density at radius 2 is 1.48 bits per heavy atom. The second-order valence-electron chi connectivity index (χ2n) is 6.24. The zero-order valence-electron chi connectivity index (χ0n) is 15.1. The zero-order valence-corrected chi connectivity index (χ0v) is 15.9. The fourth-order valence-corrected chi connectivity index (χ4v) is 3.82. The highest BCUT2D eigenvalue weighted by atomic mass is 32.2. The highest BCUT2D eigenvalue weighted by Gasteiger charge is 2.18. The number of sulfonamides is 1. The van der Waals surface area contributed by atoms with Gasteiger partial charge in [0.25, 0.3) is 15.9 Å². The fraction of sp³-hybridized carbons (Fsp3) is 0.0952. The maximum absolute atomic E-state index is 12.7. The summed E-state index contributed by atoms with van der Waals surface area (Å²) >= 11 is 0. The predicted molar refractivity (Wildman–Crippen MR) is 108 cm³/mol. The molecule has 27 heavy (non-hydrogen) atoms. The van der Waals surface area contributed by atoms with Crippen LogP contribution in [-0.4, -0.2) is 14.3 Å². The number of carbonyl (C=O) groups is 1. The molecule has 0 spiro atoms. The van der Waals surface area contributed by atoms with Gasteiger partial charge in [0, 0.05) is 5.69 Å². The number of para-hydroxylation sites is 1. The monoisotopic (exact) mass is 380 g/mol. The third-order valence-electron chi connectivity index (χ3n) is 4.10. The first-order valence-corrected chi connectivity index (χ1v) is 9.90. The minimum Gasteiger partial charge on any atom is -0.322 e. The van der Waals surface area contributed by atoms with Crippen molar-refractivity contribution < 1.29 is 13.2 Å². The molecule has 0 fully saturated rings. The number of anilines is 2. The van der Waals surface area contributed by atoms with E-state index in [-0.39, 0.29) is 22.1 Å². The average Bonchev–Trinajstić information content (AvgIpc) is 2.65. The van der Waals surface area contributed by atoms with Crippen LogP contribution in [0, 0.1) is 13.8 Å². The van der Waals surface area contributed by atoms with Gasteiger partial charge in [-0.3, -0.25) is 9.52 Å². The van der Waals surface area contributed by atoms with Gasteiger partial charge in [0.15, 0.2) is 0 Å². The number of hydrogen-bond acceptors (Lipinski definition) is 3. The summed E-state index contributed by atoms with van der Waals surface area (Å²) in [5.41, 5.74) is 3.19. The number of aryl methyl sites for hydroxylation is 2. The van der Waals surface area contributed by atoms with E-state index in [9.17, 15) is 13.2 Å². The Kier molecular flexibility index (Phi) is 5.28. The van der Waals surface area contributed by atoms with E-state index in [0.29, 0.717) is 5.69 Å². The Bertz CT molecular complexity index is 1080. The standard InChI is InChI=1S/C21H20N2O3S/c1-15-12-13-19(16(2)14-15)22-21(24)18-10-6-7-11-20(18)23-27(25,26)17-8-4-3-5-9-17/h3-14,23H,1-2H3,(H,22,24). The molecule has 3 aromatic rings. The summed E-state index contributed by atoms with van der Waals surface area (Å²) in [6, 6.07) is 20.3. The molecule has 3 rings (SSSR count). The van der Waals surface area contributed by atoms with Gasteiger partial charge in [-0.2, -0.15) is 0 Å². The van der Waals surface area contributed by atoms with E-state index < -0.39 is 10.0 Å². The average molecular weight is 380 g/mol. The first-order chi connectivity index (χ1) is 12.9. The van der Waals surface area contributed by atoms with E-state index in [1.54, 1.807) is 42.5 Å². The van der Waals surface area contributed by atoms with Gasteiger partial charge in [-0.15, -0.1) is 0 Å². The third kappa shape index (κ3) is 4.35. The fourth-order valence-electron chi connectivity index (χ4n) is 2.72. The number of rotatable bonds is 5. The lowest BCUT2D eigenvalue weighted by molar-refractivity contribution is 0.102. The Hall–Kier alpha value is -3.12. The van der Waals surface area contributed by atoms with E-state index in [4.69, 9.17) is 0 Å². The van der Waals surface area contributed by atoms with Gasteiger partial charge in [-0.1, -0.05) is 48.0 Å². The molecule has 0 aliphatic rings. The molecule has 0 saturated carbocycles. The van der Waals surface area contributed by atoms with Crippen LogP contribution >= 0.6 is 0 Å². The van der Waals surface area contributed by atoms with Gasteiger partial charge >= 0.3 is 0 Å². The maximum Gasteiger partial charge on any atom is 0.261 e. The largest absolute Gasteiger partial charge is 0.322 e. The second-order valence-corrected chi connectivity index (χ2v) is 7.92. The summed E-state index contributed by atoms with van der Waals surface area (Å²) in [7, 11) is -3.79. The molecular formula is C21H20N2O3S. The molecule has 1 amide bonds. The Balaban J connectivity index is 1.89. The molecule has 0 atom stereocenters. The second kappa shape index (κ2) is 7.63. The van der Waals surface area contributed by atoms with Gasteiger partial charge in [0.1, 0.15) is 0 Å². The molecule has 3 aromatic carbocycles. The smallest absolute Gasteiger partial charge is 0.261 e. The van der Waals surface area contributed by atoms with Crippen molar-refractivity contribution in [3.63, 3.8) is 0 Å². The molecule has 0 unspecified atom stereocenters. The lowest BCUT2D eigenvalue weighted by Crippen LogP contribution is -2.19. The summed E-state index contributed by atoms with van der Waals surface area (Å²) in [4.78, 5) is 12.9. The number of hydrogen-bond donors (Lipinski definition) is 2. The van der Waals surface area contributed by atoms with E-state index >= 15 is 0 Å². The molecule has 0 aliphatic heterocycles. The van der Waals surface area contributed by atoms with E-state index in [1.807, 2.05) is 32.0 Å². The summed E-state index contributed by atoms with van der Waals surface area (Å²) in [5, 5.41) is 2.85. The molecule has 6 heteroatoms. The van der Waals surface area contributed by atoms with Crippen LogP contribution in [0.2, 0.25) is 0 Å². The van der Waals surface area contributed by atoms with Gasteiger partial charge in [0.2, 0.25) is 0 Å². The molecular weight excluding hydrogens is 360 g/mol. The molecule has 0 aliphatic carbocycles. The lowest BCUT2D eigenvalue weighted by Gasteiger charge is -2.14. The Morgan fingerprint density at radius 1 is 0.815 bits per heavy atom. The number of benzene rings is 3. The van der Waals surface area contributed by atoms with Crippen molar-refractivity contribution >= 4 is 27.3 Å². The number of amides is 1. The molecule has 2 N–H and O–H groups in total. The van der Waals surface area contributed by atoms with Crippen molar-refractivity contribution in [1.29, 1.82) is 0 Å². The Labute approximate surface area is 159 Å². The highest BCUT2D eigenvalue weighted by molar-refractivity contribution is 7.92. The highest BCUT2D eigenvalue weighted by Crippen LogP contribution is 2.23. The van der Waals surface area contributed by atoms with Crippen LogP contribution < -0.4 is 10.0 Å². The quantitative estimate of drug-likeness (QED) is 0.691. The summed E-state index contributed by atoms with van der Waals surface area (Å²) in [6.07, 6.45) is 0. The molecule has 0 saturated heterocycles. The van der Waals surface area contributed by atoms with E-state index in [1.165, 1.54) is 12.1 Å². The first-order valence-electron chi connectivity index (χ1n) is 8.42. The van der Waals surface area contributed by atoms with Crippen LogP contribution in [0.5, 0.6) is 0 Å². The minimum absolute atomic E-state index is 0.134. The van der Waals surface area contributed by atoms with Gasteiger partial charge in [-0.25, -0.2) is 8.42 Å². The van der Waals surface area contributed by atoms with Crippen LogP contribution in [-0.2, 0) is 10.0 Å². The van der Waals surface area contributed by atoms with Gasteiger partial charge in [-0.05, 0) is 49.7 Å². The predicted octanol–water partition coefficient (Wildman–Crippen LogP) is 4.36. The van der Waals surface area contributed by atoms with Crippen molar-refractivity contribution in [1.82, 2.24) is 0 Å². The molecule has 0 radical (unpaired) electrons. The first kappa shape index (κ1) is 18.7. The van der Waals surface area contributed by atoms with E-state index in [0.717, 1.165) is 11.1 Å². The van der Waals surface area contributed by atoms with Crippen LogP contribution in [0.4, 0.5) is 11.4 Å². The molecule has 138 valence electrons. The van der Waals surface area contributed by atoms with Crippen molar-refractivity contribution in [2.24, 2.45) is 0 Å². The van der Waals surface area contributed by atoms with Crippen molar-refractivity contribution in [3.8, 4) is 0 Å². The maximum atomic E-state index is 12.7. The summed E-state index contributed by atoms with van der Waals surface area (Å²) < 4.78 is 27.7. The topological polar surface area (TPSA) is 75.3 Å². The minimum atomic E-state index is -3.79. The number of carbonyl (C=O) groups excluding carboxylic acids is 1. The van der Waals surface area contributed by atoms with Crippen molar-refractivity contribution in [3.05, 3.63) is 89.5 Å². The van der Waals surface area contributed by atoms with Crippen molar-refractivity contribution in [2.75, 3.05) is 10.0 Å². The summed E-state index contributed by atoms with van der Waals surface area (Å²) in [6.45, 7) is 3.89. The van der Waals surface area contributed by atoms with Gasteiger partial charge in [0.05, 0.1) is 16.1 Å².